The van der Waals surface area contributed by atoms with Crippen LogP contribution >= 0.6 is 11.6 Å². The topological polar surface area (TPSA) is 50.4 Å². The summed E-state index contributed by atoms with van der Waals surface area (Å²) in [5.41, 5.74) is 8.61. The summed E-state index contributed by atoms with van der Waals surface area (Å²) in [5, 5.41) is 0.718. The highest BCUT2D eigenvalue weighted by Gasteiger charge is 2.13. The molecule has 0 saturated carbocycles. The maximum absolute atomic E-state index is 11.9. The first-order chi connectivity index (χ1) is 10.5. The predicted octanol–water partition coefficient (Wildman–Crippen LogP) is 3.84. The van der Waals surface area contributed by atoms with Crippen molar-refractivity contribution < 1.29 is 9.53 Å². The molecule has 1 aromatic rings. The van der Waals surface area contributed by atoms with Crippen LogP contribution in [0.2, 0.25) is 5.02 Å². The van der Waals surface area contributed by atoms with Gasteiger partial charge in [0.05, 0.1) is 0 Å². The molecule has 0 fully saturated rings. The maximum Gasteiger partial charge on any atom is 0.276 e. The van der Waals surface area contributed by atoms with E-state index in [0.717, 1.165) is 41.1 Å². The molecule has 0 aromatic heterocycles. The van der Waals surface area contributed by atoms with Crippen LogP contribution in [0.1, 0.15) is 50.2 Å². The highest BCUT2D eigenvalue weighted by atomic mass is 35.5. The Balaban J connectivity index is 1.92. The van der Waals surface area contributed by atoms with Gasteiger partial charge in [0.15, 0.2) is 6.61 Å². The van der Waals surface area contributed by atoms with Gasteiger partial charge < -0.3 is 10.2 Å². The summed E-state index contributed by atoms with van der Waals surface area (Å²) in [4.78, 5) is 11.9. The van der Waals surface area contributed by atoms with Crippen LogP contribution in [0.4, 0.5) is 0 Å². The van der Waals surface area contributed by atoms with Crippen molar-refractivity contribution >= 4 is 17.5 Å². The second-order valence-corrected chi connectivity index (χ2v) is 6.28. The molecule has 2 rings (SSSR count). The summed E-state index contributed by atoms with van der Waals surface area (Å²) in [5.74, 6) is 0.792. The Morgan fingerprint density at radius 1 is 1.41 bits per heavy atom. The summed E-state index contributed by atoms with van der Waals surface area (Å²) in [6, 6.07) is 3.80. The van der Waals surface area contributed by atoms with Crippen molar-refractivity contribution in [2.24, 2.45) is 0 Å². The zero-order valence-corrected chi connectivity index (χ0v) is 14.1. The molecule has 1 aromatic carbocycles. The number of carbonyl (C=O) groups excluding carboxylic acids is 1. The summed E-state index contributed by atoms with van der Waals surface area (Å²) >= 11 is 6.16. The predicted molar refractivity (Wildman–Crippen MR) is 89.0 cm³/mol. The van der Waals surface area contributed by atoms with E-state index >= 15 is 0 Å². The molecule has 0 aliphatic heterocycles. The van der Waals surface area contributed by atoms with Crippen LogP contribution in [0.15, 0.2) is 23.9 Å². The van der Waals surface area contributed by atoms with Crippen molar-refractivity contribution in [3.05, 3.63) is 40.1 Å². The van der Waals surface area contributed by atoms with Crippen molar-refractivity contribution in [2.45, 2.75) is 46.0 Å². The highest BCUT2D eigenvalue weighted by molar-refractivity contribution is 6.31. The van der Waals surface area contributed by atoms with Crippen LogP contribution in [0, 0.1) is 6.92 Å². The first-order valence-corrected chi connectivity index (χ1v) is 8.02. The lowest BCUT2D eigenvalue weighted by Crippen LogP contribution is -2.39. The van der Waals surface area contributed by atoms with Crippen molar-refractivity contribution in [2.75, 3.05) is 6.61 Å². The monoisotopic (exact) mass is 322 g/mol. The quantitative estimate of drug-likeness (QED) is 0.782. The van der Waals surface area contributed by atoms with Gasteiger partial charge in [-0.05, 0) is 55.4 Å². The van der Waals surface area contributed by atoms with Gasteiger partial charge in [0.25, 0.3) is 5.91 Å². The highest BCUT2D eigenvalue weighted by Crippen LogP contribution is 2.31. The number of amides is 1. The van der Waals surface area contributed by atoms with Crippen LogP contribution < -0.4 is 15.6 Å². The third-order valence-electron chi connectivity index (χ3n) is 3.68. The molecule has 1 aliphatic carbocycles. The first-order valence-electron chi connectivity index (χ1n) is 7.64. The minimum Gasteiger partial charge on any atom is -0.483 e. The molecule has 0 unspecified atom stereocenters. The van der Waals surface area contributed by atoms with Crippen LogP contribution in [-0.2, 0) is 4.79 Å². The largest absolute Gasteiger partial charge is 0.483 e. The van der Waals surface area contributed by atoms with Gasteiger partial charge >= 0.3 is 0 Å². The van der Waals surface area contributed by atoms with Gasteiger partial charge in [0, 0.05) is 10.7 Å². The number of allylic oxidation sites excluding steroid dienone is 2. The third-order valence-corrected chi connectivity index (χ3v) is 4.08. The number of halogens is 1. The number of hydrogen-bond donors (Lipinski definition) is 2. The van der Waals surface area contributed by atoms with E-state index in [1.54, 1.807) is 0 Å². The fourth-order valence-corrected chi connectivity index (χ4v) is 2.53. The molecule has 0 heterocycles. The molecule has 0 radical (unpaired) electrons. The standard InChI is InChI=1S/C17H23ClN2O2/c1-11(2)14-9-15(18)12(3)8-16(14)22-10-17(21)20-19-13-6-4-5-7-13/h6,8-9,11,19H,4-5,7,10H2,1-3H3,(H,20,21). The summed E-state index contributed by atoms with van der Waals surface area (Å²) in [7, 11) is 0. The van der Waals surface area contributed by atoms with Gasteiger partial charge in [0.2, 0.25) is 0 Å². The van der Waals surface area contributed by atoms with E-state index in [1.165, 1.54) is 0 Å². The van der Waals surface area contributed by atoms with Crippen LogP contribution in [0.5, 0.6) is 5.75 Å². The van der Waals surface area contributed by atoms with Crippen molar-refractivity contribution in [1.82, 2.24) is 10.9 Å². The Hall–Kier alpha value is -1.68. The molecule has 4 nitrogen and oxygen atoms in total. The van der Waals surface area contributed by atoms with Gasteiger partial charge in [-0.15, -0.1) is 0 Å². The Morgan fingerprint density at radius 3 is 2.82 bits per heavy atom. The maximum atomic E-state index is 11.9. The van der Waals surface area contributed by atoms with Crippen LogP contribution in [0.25, 0.3) is 0 Å². The zero-order valence-electron chi connectivity index (χ0n) is 13.3. The Morgan fingerprint density at radius 2 is 2.18 bits per heavy atom. The molecule has 2 N–H and O–H groups in total. The average molecular weight is 323 g/mol. The number of benzene rings is 1. The fraction of sp³-hybridized carbons (Fsp3) is 0.471. The number of carbonyl (C=O) groups is 1. The molecule has 1 aliphatic rings. The molecular weight excluding hydrogens is 300 g/mol. The van der Waals surface area contributed by atoms with E-state index in [-0.39, 0.29) is 18.4 Å². The SMILES string of the molecule is Cc1cc(OCC(=O)NNC2=CCCC2)c(C(C)C)cc1Cl. The molecule has 0 atom stereocenters. The Bertz CT molecular complexity index is 582. The van der Waals surface area contributed by atoms with Gasteiger partial charge in [0.1, 0.15) is 5.75 Å². The van der Waals surface area contributed by atoms with Gasteiger partial charge in [-0.25, -0.2) is 0 Å². The molecule has 0 saturated heterocycles. The molecule has 1 amide bonds. The molecule has 22 heavy (non-hydrogen) atoms. The molecule has 0 bridgehead atoms. The molecular formula is C17H23ClN2O2. The number of aryl methyl sites for hydroxylation is 1. The van der Waals surface area contributed by atoms with Gasteiger partial charge in [-0.2, -0.15) is 0 Å². The van der Waals surface area contributed by atoms with Crippen LogP contribution in [-0.4, -0.2) is 12.5 Å². The summed E-state index contributed by atoms with van der Waals surface area (Å²) < 4.78 is 5.68. The number of hydrogen-bond acceptors (Lipinski definition) is 3. The average Bonchev–Trinajstić information content (AvgIpc) is 2.99. The van der Waals surface area contributed by atoms with Crippen LogP contribution in [0.3, 0.4) is 0 Å². The van der Waals surface area contributed by atoms with E-state index in [2.05, 4.69) is 30.8 Å². The molecule has 0 spiro atoms. The first kappa shape index (κ1) is 16.7. The molecule has 5 heteroatoms. The van der Waals surface area contributed by atoms with Crippen molar-refractivity contribution in [3.63, 3.8) is 0 Å². The number of hydrazine groups is 1. The smallest absolute Gasteiger partial charge is 0.276 e. The van der Waals surface area contributed by atoms with E-state index in [0.29, 0.717) is 5.75 Å². The normalized spacial score (nSPS) is 14.0. The van der Waals surface area contributed by atoms with E-state index in [9.17, 15) is 4.79 Å². The minimum atomic E-state index is -0.199. The Labute approximate surface area is 136 Å². The second kappa shape index (κ2) is 7.54. The number of nitrogens with one attached hydrogen (secondary N) is 2. The number of rotatable bonds is 6. The summed E-state index contributed by atoms with van der Waals surface area (Å²) in [6.45, 7) is 6.04. The second-order valence-electron chi connectivity index (χ2n) is 5.88. The third kappa shape index (κ3) is 4.41. The van der Waals surface area contributed by atoms with Crippen molar-refractivity contribution in [3.8, 4) is 5.75 Å². The summed E-state index contributed by atoms with van der Waals surface area (Å²) in [6.07, 6.45) is 5.28. The van der Waals surface area contributed by atoms with Crippen molar-refractivity contribution in [1.29, 1.82) is 0 Å². The van der Waals surface area contributed by atoms with Gasteiger partial charge in [-0.1, -0.05) is 31.5 Å². The lowest BCUT2D eigenvalue weighted by atomic mass is 10.0. The fourth-order valence-electron chi connectivity index (χ4n) is 2.36. The molecule has 120 valence electrons. The van der Waals surface area contributed by atoms with E-state index < -0.39 is 0 Å². The minimum absolute atomic E-state index is 0.0267. The van der Waals surface area contributed by atoms with E-state index in [4.69, 9.17) is 16.3 Å². The lowest BCUT2D eigenvalue weighted by molar-refractivity contribution is -0.123. The van der Waals surface area contributed by atoms with E-state index in [1.807, 2.05) is 19.1 Å². The lowest BCUT2D eigenvalue weighted by Gasteiger charge is -2.16. The zero-order chi connectivity index (χ0) is 16.1. The number of ether oxygens (including phenoxy) is 1. The van der Waals surface area contributed by atoms with Gasteiger partial charge in [-0.3, -0.25) is 10.2 Å². The Kier molecular flexibility index (Phi) is 5.72.